The smallest absolute Gasteiger partial charge is 0.239 e. The quantitative estimate of drug-likeness (QED) is 0.812. The summed E-state index contributed by atoms with van der Waals surface area (Å²) in [6.07, 6.45) is 5.13. The molecule has 0 unspecified atom stereocenters. The predicted molar refractivity (Wildman–Crippen MR) is 69.7 cm³/mol. The third-order valence-corrected chi connectivity index (χ3v) is 3.78. The van der Waals surface area contributed by atoms with Crippen molar-refractivity contribution in [3.63, 3.8) is 0 Å². The van der Waals surface area contributed by atoms with Gasteiger partial charge in [0.15, 0.2) is 0 Å². The molecule has 2 fully saturated rings. The zero-order valence-corrected chi connectivity index (χ0v) is 10.5. The first-order valence-corrected chi connectivity index (χ1v) is 6.81. The fourth-order valence-electron chi connectivity index (χ4n) is 2.28. The summed E-state index contributed by atoms with van der Waals surface area (Å²) in [5, 5.41) is 2.90. The zero-order chi connectivity index (χ0) is 11.8. The van der Waals surface area contributed by atoms with Gasteiger partial charge in [-0.05, 0) is 54.7 Å². The fraction of sp³-hybridized carbons (Fsp3) is 0.500. The van der Waals surface area contributed by atoms with E-state index in [1.807, 2.05) is 6.07 Å². The first-order valence-electron chi connectivity index (χ1n) is 6.27. The predicted octanol–water partition coefficient (Wildman–Crippen LogP) is 3.62. The molecule has 1 N–H and O–H groups in total. The van der Waals surface area contributed by atoms with Gasteiger partial charge in [0.05, 0.1) is 0 Å². The van der Waals surface area contributed by atoms with Crippen LogP contribution in [-0.4, -0.2) is 11.8 Å². The van der Waals surface area contributed by atoms with E-state index in [0.717, 1.165) is 11.6 Å². The molecule has 0 atom stereocenters. The van der Waals surface area contributed by atoms with Gasteiger partial charge in [0.2, 0.25) is 5.91 Å². The van der Waals surface area contributed by atoms with E-state index in [9.17, 15) is 4.79 Å². The van der Waals surface area contributed by atoms with Crippen LogP contribution in [0.15, 0.2) is 18.2 Å². The van der Waals surface area contributed by atoms with Crippen LogP contribution in [0, 0.1) is 0 Å². The highest BCUT2D eigenvalue weighted by atomic mass is 35.5. The number of anilines is 1. The van der Waals surface area contributed by atoms with Crippen molar-refractivity contribution in [1.82, 2.24) is 0 Å². The van der Waals surface area contributed by atoms with Crippen LogP contribution < -0.4 is 5.32 Å². The first kappa shape index (κ1) is 11.1. The molecule has 2 aliphatic rings. The summed E-state index contributed by atoms with van der Waals surface area (Å²) < 4.78 is 0. The summed E-state index contributed by atoms with van der Waals surface area (Å²) in [4.78, 5) is 11.4. The molecule has 2 aliphatic carbocycles. The lowest BCUT2D eigenvalue weighted by molar-refractivity contribution is -0.113. The minimum Gasteiger partial charge on any atom is -0.325 e. The Kier molecular flexibility index (Phi) is 2.83. The van der Waals surface area contributed by atoms with Gasteiger partial charge in [-0.2, -0.15) is 0 Å². The molecule has 0 bridgehead atoms. The lowest BCUT2D eigenvalue weighted by Crippen LogP contribution is -2.14. The molecule has 0 heterocycles. The highest BCUT2D eigenvalue weighted by Crippen LogP contribution is 2.47. The molecule has 0 saturated heterocycles. The highest BCUT2D eigenvalue weighted by molar-refractivity contribution is 6.29. The van der Waals surface area contributed by atoms with E-state index < -0.39 is 0 Å². The van der Waals surface area contributed by atoms with Gasteiger partial charge < -0.3 is 5.32 Å². The lowest BCUT2D eigenvalue weighted by Gasteiger charge is -2.11. The number of carbonyl (C=O) groups is 1. The zero-order valence-electron chi connectivity index (χ0n) is 9.71. The topological polar surface area (TPSA) is 29.1 Å². The Morgan fingerprint density at radius 1 is 1.24 bits per heavy atom. The summed E-state index contributed by atoms with van der Waals surface area (Å²) in [6.45, 7) is 0. The number of rotatable bonds is 4. The van der Waals surface area contributed by atoms with Crippen molar-refractivity contribution in [1.29, 1.82) is 0 Å². The second-order valence-electron chi connectivity index (χ2n) is 5.08. The average molecular weight is 250 g/mol. The van der Waals surface area contributed by atoms with Crippen LogP contribution >= 0.6 is 11.6 Å². The molecule has 90 valence electrons. The van der Waals surface area contributed by atoms with Crippen LogP contribution in [0.4, 0.5) is 5.69 Å². The Hall–Kier alpha value is -1.02. The van der Waals surface area contributed by atoms with Crippen LogP contribution in [0.2, 0.25) is 0 Å². The number of hydrogen-bond donors (Lipinski definition) is 1. The summed E-state index contributed by atoms with van der Waals surface area (Å²) in [7, 11) is 0. The number of amides is 1. The Bertz CT molecular complexity index is 450. The molecule has 1 aromatic rings. The number of carbonyl (C=O) groups excluding carboxylic acids is 1. The number of hydrogen-bond acceptors (Lipinski definition) is 1. The first-order chi connectivity index (χ1) is 8.28. The molecule has 0 aliphatic heterocycles. The van der Waals surface area contributed by atoms with Crippen LogP contribution in [0.25, 0.3) is 0 Å². The molecule has 3 heteroatoms. The van der Waals surface area contributed by atoms with Crippen molar-refractivity contribution in [3.8, 4) is 0 Å². The van der Waals surface area contributed by atoms with E-state index in [-0.39, 0.29) is 11.8 Å². The van der Waals surface area contributed by atoms with E-state index in [1.54, 1.807) is 0 Å². The van der Waals surface area contributed by atoms with Gasteiger partial charge in [-0.3, -0.25) is 4.79 Å². The summed E-state index contributed by atoms with van der Waals surface area (Å²) in [5.41, 5.74) is 3.71. The summed E-state index contributed by atoms with van der Waals surface area (Å²) in [5.74, 6) is 1.33. The lowest BCUT2D eigenvalue weighted by atomic mass is 10.0. The SMILES string of the molecule is O=C(CCl)Nc1ccc(C2CC2)cc1C1CC1. The van der Waals surface area contributed by atoms with Gasteiger partial charge >= 0.3 is 0 Å². The Balaban J connectivity index is 1.87. The number of alkyl halides is 1. The average Bonchev–Trinajstić information content (AvgIpc) is 3.18. The third-order valence-electron chi connectivity index (χ3n) is 3.54. The molecule has 17 heavy (non-hydrogen) atoms. The number of halogens is 1. The van der Waals surface area contributed by atoms with E-state index in [4.69, 9.17) is 11.6 Å². The maximum absolute atomic E-state index is 11.4. The molecule has 1 aromatic carbocycles. The molecular formula is C14H16ClNO. The fourth-order valence-corrected chi connectivity index (χ4v) is 2.35. The Morgan fingerprint density at radius 3 is 2.53 bits per heavy atom. The molecule has 2 saturated carbocycles. The van der Waals surface area contributed by atoms with Gasteiger partial charge in [0.25, 0.3) is 0 Å². The molecule has 3 rings (SSSR count). The molecule has 0 radical (unpaired) electrons. The summed E-state index contributed by atoms with van der Waals surface area (Å²) >= 11 is 5.53. The van der Waals surface area contributed by atoms with E-state index in [2.05, 4.69) is 17.4 Å². The summed E-state index contributed by atoms with van der Waals surface area (Å²) in [6, 6.07) is 6.48. The van der Waals surface area contributed by atoms with Crippen molar-refractivity contribution in [2.75, 3.05) is 11.2 Å². The normalized spacial score (nSPS) is 19.1. The van der Waals surface area contributed by atoms with Crippen molar-refractivity contribution in [2.24, 2.45) is 0 Å². The molecule has 2 nitrogen and oxygen atoms in total. The molecule has 1 amide bonds. The van der Waals surface area contributed by atoms with Crippen LogP contribution in [-0.2, 0) is 4.79 Å². The Labute approximate surface area is 106 Å². The highest BCUT2D eigenvalue weighted by Gasteiger charge is 2.29. The molecular weight excluding hydrogens is 234 g/mol. The standard InChI is InChI=1S/C14H16ClNO/c15-8-14(17)16-13-6-5-11(9-1-2-9)7-12(13)10-3-4-10/h5-7,9-10H,1-4,8H2,(H,16,17). The maximum Gasteiger partial charge on any atom is 0.239 e. The van der Waals surface area contributed by atoms with Gasteiger partial charge in [0.1, 0.15) is 5.88 Å². The third kappa shape index (κ3) is 2.47. The molecule has 0 aromatic heterocycles. The van der Waals surface area contributed by atoms with Crippen LogP contribution in [0.1, 0.15) is 48.6 Å². The number of benzene rings is 1. The van der Waals surface area contributed by atoms with Crippen LogP contribution in [0.3, 0.4) is 0 Å². The van der Waals surface area contributed by atoms with Crippen molar-refractivity contribution in [2.45, 2.75) is 37.5 Å². The molecule has 0 spiro atoms. The van der Waals surface area contributed by atoms with Gasteiger partial charge in [0, 0.05) is 5.69 Å². The largest absolute Gasteiger partial charge is 0.325 e. The monoisotopic (exact) mass is 249 g/mol. The van der Waals surface area contributed by atoms with Crippen molar-refractivity contribution in [3.05, 3.63) is 29.3 Å². The second-order valence-corrected chi connectivity index (χ2v) is 5.34. The van der Waals surface area contributed by atoms with Crippen LogP contribution in [0.5, 0.6) is 0 Å². The number of nitrogens with one attached hydrogen (secondary N) is 1. The van der Waals surface area contributed by atoms with E-state index in [1.165, 1.54) is 36.8 Å². The van der Waals surface area contributed by atoms with Crippen molar-refractivity contribution >= 4 is 23.2 Å². The van der Waals surface area contributed by atoms with E-state index >= 15 is 0 Å². The van der Waals surface area contributed by atoms with Gasteiger partial charge in [-0.25, -0.2) is 0 Å². The minimum absolute atomic E-state index is 0.0223. The Morgan fingerprint density at radius 2 is 1.94 bits per heavy atom. The van der Waals surface area contributed by atoms with Gasteiger partial charge in [-0.15, -0.1) is 11.6 Å². The van der Waals surface area contributed by atoms with E-state index in [0.29, 0.717) is 5.92 Å². The second kappa shape index (κ2) is 4.34. The maximum atomic E-state index is 11.4. The van der Waals surface area contributed by atoms with Crippen molar-refractivity contribution < 1.29 is 4.79 Å². The minimum atomic E-state index is -0.118. The van der Waals surface area contributed by atoms with Gasteiger partial charge in [-0.1, -0.05) is 12.1 Å².